The Hall–Kier alpha value is -3.12. The van der Waals surface area contributed by atoms with Crippen LogP contribution in [0.4, 0.5) is 5.69 Å². The van der Waals surface area contributed by atoms with E-state index < -0.39 is 0 Å². The molecule has 3 N–H and O–H groups in total. The highest BCUT2D eigenvalue weighted by Gasteiger charge is 2.32. The first-order chi connectivity index (χ1) is 12.9. The number of aryl methyl sites for hydroxylation is 2. The van der Waals surface area contributed by atoms with Crippen LogP contribution in [0.15, 0.2) is 53.6 Å². The van der Waals surface area contributed by atoms with Crippen LogP contribution in [0.5, 0.6) is 5.75 Å². The maximum Gasteiger partial charge on any atom is 0.139 e. The van der Waals surface area contributed by atoms with Crippen LogP contribution in [0, 0.1) is 19.3 Å². The molecule has 0 amide bonds. The zero-order valence-corrected chi connectivity index (χ0v) is 15.8. The van der Waals surface area contributed by atoms with Gasteiger partial charge in [0.05, 0.1) is 23.5 Å². The fraction of sp³-hybridized carbons (Fsp3) is 0.143. The molecule has 0 atom stereocenters. The number of rotatable bonds is 3. The number of phenols is 1. The molecule has 0 saturated carbocycles. The first kappa shape index (κ1) is 17.3. The summed E-state index contributed by atoms with van der Waals surface area (Å²) < 4.78 is 0. The fourth-order valence-electron chi connectivity index (χ4n) is 3.10. The van der Waals surface area contributed by atoms with Gasteiger partial charge >= 0.3 is 0 Å². The van der Waals surface area contributed by atoms with Gasteiger partial charge in [0, 0.05) is 10.9 Å². The molecule has 0 unspecified atom stereocenters. The number of amidine groups is 1. The lowest BCUT2D eigenvalue weighted by molar-refractivity contribution is 0.411. The molecule has 0 saturated heterocycles. The monoisotopic (exact) mass is 377 g/mol. The van der Waals surface area contributed by atoms with Gasteiger partial charge in [0.1, 0.15) is 22.4 Å². The van der Waals surface area contributed by atoms with Gasteiger partial charge in [-0.25, -0.2) is 4.98 Å². The van der Waals surface area contributed by atoms with Crippen LogP contribution in [0.25, 0.3) is 16.8 Å². The Balaban J connectivity index is 1.67. The van der Waals surface area contributed by atoms with Crippen molar-refractivity contribution in [1.29, 1.82) is 5.41 Å². The summed E-state index contributed by atoms with van der Waals surface area (Å²) in [6.07, 6.45) is 0. The number of hydrogen-bond donors (Lipinski definition) is 3. The summed E-state index contributed by atoms with van der Waals surface area (Å²) in [6.45, 7) is 4.10. The SMILES string of the molecule is Cc1ccc(-c2csc(C3=C(O)CN(c4cc(C)ccc4O)C3=N)n2)cc1. The van der Waals surface area contributed by atoms with E-state index in [-0.39, 0.29) is 23.9 Å². The van der Waals surface area contributed by atoms with Gasteiger partial charge in [0.15, 0.2) is 0 Å². The van der Waals surface area contributed by atoms with Crippen molar-refractivity contribution in [2.24, 2.45) is 0 Å². The maximum absolute atomic E-state index is 10.5. The van der Waals surface area contributed by atoms with Crippen molar-refractivity contribution in [2.75, 3.05) is 11.4 Å². The third-order valence-electron chi connectivity index (χ3n) is 4.59. The summed E-state index contributed by atoms with van der Waals surface area (Å²) in [5.41, 5.74) is 4.90. The zero-order valence-electron chi connectivity index (χ0n) is 15.0. The smallest absolute Gasteiger partial charge is 0.139 e. The van der Waals surface area contributed by atoms with Gasteiger partial charge < -0.3 is 15.1 Å². The van der Waals surface area contributed by atoms with Crippen LogP contribution < -0.4 is 4.90 Å². The number of aromatic nitrogens is 1. The number of aliphatic hydroxyl groups excluding tert-OH is 1. The van der Waals surface area contributed by atoms with Crippen molar-refractivity contribution in [3.63, 3.8) is 0 Å². The van der Waals surface area contributed by atoms with Crippen molar-refractivity contribution in [3.8, 4) is 17.0 Å². The molecule has 0 spiro atoms. The molecule has 0 bridgehead atoms. The van der Waals surface area contributed by atoms with E-state index in [0.717, 1.165) is 16.8 Å². The molecule has 2 aromatic carbocycles. The molecule has 0 fully saturated rings. The van der Waals surface area contributed by atoms with E-state index in [2.05, 4.69) is 4.98 Å². The molecule has 6 heteroatoms. The molecule has 27 heavy (non-hydrogen) atoms. The molecule has 0 radical (unpaired) electrons. The van der Waals surface area contributed by atoms with Gasteiger partial charge in [-0.3, -0.25) is 5.41 Å². The normalized spacial score (nSPS) is 14.3. The molecule has 5 nitrogen and oxygen atoms in total. The Kier molecular flexibility index (Phi) is 4.20. The fourth-order valence-corrected chi connectivity index (χ4v) is 4.00. The van der Waals surface area contributed by atoms with Gasteiger partial charge in [-0.05, 0) is 31.5 Å². The summed E-state index contributed by atoms with van der Waals surface area (Å²) in [5, 5.41) is 31.8. The van der Waals surface area contributed by atoms with E-state index in [1.165, 1.54) is 16.9 Å². The quantitative estimate of drug-likeness (QED) is 0.606. The predicted octanol–water partition coefficient (Wildman–Crippen LogP) is 4.90. The Labute approximate surface area is 161 Å². The second kappa shape index (κ2) is 6.55. The number of thiazole rings is 1. The van der Waals surface area contributed by atoms with Crippen molar-refractivity contribution >= 4 is 28.4 Å². The van der Waals surface area contributed by atoms with Crippen molar-refractivity contribution < 1.29 is 10.2 Å². The minimum absolute atomic E-state index is 0.0823. The number of nitrogens with one attached hydrogen (secondary N) is 1. The van der Waals surface area contributed by atoms with E-state index in [0.29, 0.717) is 16.3 Å². The Bertz CT molecular complexity index is 1070. The van der Waals surface area contributed by atoms with Crippen LogP contribution in [0.1, 0.15) is 16.1 Å². The maximum atomic E-state index is 10.5. The lowest BCUT2D eigenvalue weighted by Crippen LogP contribution is -2.26. The molecule has 136 valence electrons. The molecule has 0 aliphatic carbocycles. The second-order valence-electron chi connectivity index (χ2n) is 6.65. The van der Waals surface area contributed by atoms with Gasteiger partial charge in [-0.15, -0.1) is 11.3 Å². The molecule has 1 aliphatic heterocycles. The van der Waals surface area contributed by atoms with Gasteiger partial charge in [0.2, 0.25) is 0 Å². The number of benzene rings is 2. The minimum atomic E-state index is 0.0823. The van der Waals surface area contributed by atoms with Crippen molar-refractivity contribution in [1.82, 2.24) is 4.98 Å². The second-order valence-corrected chi connectivity index (χ2v) is 7.51. The number of nitrogens with zero attached hydrogens (tertiary/aromatic N) is 2. The van der Waals surface area contributed by atoms with Crippen LogP contribution in [-0.4, -0.2) is 27.6 Å². The van der Waals surface area contributed by atoms with E-state index >= 15 is 0 Å². The van der Waals surface area contributed by atoms with Gasteiger partial charge in [-0.1, -0.05) is 35.9 Å². The molecular weight excluding hydrogens is 358 g/mol. The third kappa shape index (κ3) is 3.08. The van der Waals surface area contributed by atoms with Crippen LogP contribution in [0.2, 0.25) is 0 Å². The zero-order chi connectivity index (χ0) is 19.1. The largest absolute Gasteiger partial charge is 0.510 e. The minimum Gasteiger partial charge on any atom is -0.510 e. The summed E-state index contributed by atoms with van der Waals surface area (Å²) >= 11 is 1.40. The van der Waals surface area contributed by atoms with E-state index in [1.807, 2.05) is 43.5 Å². The average Bonchev–Trinajstić information content (AvgIpc) is 3.22. The summed E-state index contributed by atoms with van der Waals surface area (Å²) in [6, 6.07) is 13.3. The van der Waals surface area contributed by atoms with Gasteiger partial charge in [0.25, 0.3) is 0 Å². The number of aromatic hydroxyl groups is 1. The Morgan fingerprint density at radius 3 is 2.48 bits per heavy atom. The van der Waals surface area contributed by atoms with Gasteiger partial charge in [-0.2, -0.15) is 0 Å². The molecule has 2 heterocycles. The predicted molar refractivity (Wildman–Crippen MR) is 110 cm³/mol. The number of anilines is 1. The Morgan fingerprint density at radius 2 is 1.74 bits per heavy atom. The topological polar surface area (TPSA) is 80.4 Å². The standard InChI is InChI=1S/C21H19N3O2S/c1-12-3-6-14(7-4-12)15-11-27-21(23-15)19-18(26)10-24(20(19)22)16-9-13(2)5-8-17(16)25/h3-9,11,22,25-26H,10H2,1-2H3. The van der Waals surface area contributed by atoms with E-state index in [9.17, 15) is 10.2 Å². The van der Waals surface area contributed by atoms with Crippen LogP contribution >= 0.6 is 11.3 Å². The summed E-state index contributed by atoms with van der Waals surface area (Å²) in [5.74, 6) is 0.308. The number of hydrogen-bond acceptors (Lipinski definition) is 5. The molecular formula is C21H19N3O2S. The first-order valence-electron chi connectivity index (χ1n) is 8.55. The Morgan fingerprint density at radius 1 is 1.04 bits per heavy atom. The highest BCUT2D eigenvalue weighted by Crippen LogP contribution is 2.37. The summed E-state index contributed by atoms with van der Waals surface area (Å²) in [4.78, 5) is 6.23. The molecule has 1 aliphatic rings. The first-order valence-corrected chi connectivity index (χ1v) is 9.43. The van der Waals surface area contributed by atoms with Crippen molar-refractivity contribution in [2.45, 2.75) is 13.8 Å². The third-order valence-corrected chi connectivity index (χ3v) is 5.45. The highest BCUT2D eigenvalue weighted by atomic mass is 32.1. The molecule has 3 aromatic rings. The number of aliphatic hydroxyl groups is 1. The summed E-state index contributed by atoms with van der Waals surface area (Å²) in [7, 11) is 0. The van der Waals surface area contributed by atoms with Crippen LogP contribution in [0.3, 0.4) is 0 Å². The highest BCUT2D eigenvalue weighted by molar-refractivity contribution is 7.11. The lowest BCUT2D eigenvalue weighted by Gasteiger charge is -2.20. The van der Waals surface area contributed by atoms with E-state index in [4.69, 9.17) is 5.41 Å². The lowest BCUT2D eigenvalue weighted by atomic mass is 10.1. The number of phenolic OH excluding ortho intramolecular Hbond substituents is 1. The molecule has 1 aromatic heterocycles. The van der Waals surface area contributed by atoms with E-state index in [1.54, 1.807) is 23.1 Å². The van der Waals surface area contributed by atoms with Crippen LogP contribution in [-0.2, 0) is 0 Å². The average molecular weight is 377 g/mol. The van der Waals surface area contributed by atoms with Crippen molar-refractivity contribution in [3.05, 3.63) is 69.7 Å². The molecule has 4 rings (SSSR count).